The van der Waals surface area contributed by atoms with Gasteiger partial charge in [-0.1, -0.05) is 60.7 Å². The van der Waals surface area contributed by atoms with Gasteiger partial charge in [-0.3, -0.25) is 19.8 Å². The van der Waals surface area contributed by atoms with Gasteiger partial charge in [-0.25, -0.2) is 0 Å². The van der Waals surface area contributed by atoms with Crippen molar-refractivity contribution in [2.24, 2.45) is 0 Å². The summed E-state index contributed by atoms with van der Waals surface area (Å²) in [6, 6.07) is 20.4. The van der Waals surface area contributed by atoms with Crippen molar-refractivity contribution in [3.05, 3.63) is 88.0 Å². The first-order valence-electron chi connectivity index (χ1n) is 10.4. The second-order valence-electron chi connectivity index (χ2n) is 8.49. The molecule has 6 nitrogen and oxygen atoms in total. The van der Waals surface area contributed by atoms with E-state index in [1.54, 1.807) is 0 Å². The Morgan fingerprint density at radius 1 is 1.03 bits per heavy atom. The molecule has 1 N–H and O–H groups in total. The second-order valence-corrected chi connectivity index (χ2v) is 8.49. The zero-order chi connectivity index (χ0) is 20.5. The zero-order valence-electron chi connectivity index (χ0n) is 16.3. The summed E-state index contributed by atoms with van der Waals surface area (Å²) in [7, 11) is 0. The molecule has 3 aromatic carbocycles. The van der Waals surface area contributed by atoms with Gasteiger partial charge in [-0.2, -0.15) is 0 Å². The fraction of sp³-hybridized carbons (Fsp3) is 0.292. The molecule has 0 unspecified atom stereocenters. The minimum Gasteiger partial charge on any atom is -0.324 e. The largest absolute Gasteiger partial charge is 0.324 e. The lowest BCUT2D eigenvalue weighted by molar-refractivity contribution is -0.534. The van der Waals surface area contributed by atoms with Gasteiger partial charge >= 0.3 is 0 Å². The van der Waals surface area contributed by atoms with Crippen LogP contribution in [-0.2, 0) is 10.3 Å². The molecule has 1 spiro atoms. The molecule has 150 valence electrons. The highest BCUT2D eigenvalue weighted by atomic mass is 16.6. The first-order chi connectivity index (χ1) is 14.6. The van der Waals surface area contributed by atoms with Crippen LogP contribution in [0.15, 0.2) is 66.7 Å². The maximum Gasteiger partial charge on any atom is 0.256 e. The van der Waals surface area contributed by atoms with Gasteiger partial charge in [0.05, 0.1) is 5.92 Å². The molecule has 6 rings (SSSR count). The number of para-hydroxylation sites is 1. The lowest BCUT2D eigenvalue weighted by atomic mass is 9.76. The molecule has 0 saturated carbocycles. The van der Waals surface area contributed by atoms with Gasteiger partial charge in [-0.15, -0.1) is 0 Å². The third-order valence-corrected chi connectivity index (χ3v) is 7.28. The van der Waals surface area contributed by atoms with E-state index < -0.39 is 11.6 Å². The summed E-state index contributed by atoms with van der Waals surface area (Å²) in [5.41, 5.74) is 1.15. The van der Waals surface area contributed by atoms with E-state index in [-0.39, 0.29) is 22.8 Å². The van der Waals surface area contributed by atoms with Crippen molar-refractivity contribution >= 4 is 22.4 Å². The molecule has 3 heterocycles. The highest BCUT2D eigenvalue weighted by molar-refractivity contribution is 6.07. The fourth-order valence-electron chi connectivity index (χ4n) is 6.29. The van der Waals surface area contributed by atoms with Crippen LogP contribution in [0.25, 0.3) is 10.8 Å². The normalized spacial score (nSPS) is 29.9. The molecule has 0 aliphatic carbocycles. The van der Waals surface area contributed by atoms with Gasteiger partial charge in [0.15, 0.2) is 5.54 Å². The van der Waals surface area contributed by atoms with Crippen molar-refractivity contribution < 1.29 is 9.72 Å². The molecule has 4 atom stereocenters. The summed E-state index contributed by atoms with van der Waals surface area (Å²) in [6.07, 6.45) is 1.79. The molecular formula is C24H21N3O3. The number of benzene rings is 3. The lowest BCUT2D eigenvalue weighted by Gasteiger charge is -2.32. The third-order valence-electron chi connectivity index (χ3n) is 7.28. The van der Waals surface area contributed by atoms with Crippen molar-refractivity contribution in [1.29, 1.82) is 0 Å². The smallest absolute Gasteiger partial charge is 0.256 e. The minimum atomic E-state index is -1.26. The molecule has 2 fully saturated rings. The Labute approximate surface area is 173 Å². The van der Waals surface area contributed by atoms with Crippen molar-refractivity contribution in [3.8, 4) is 0 Å². The minimum absolute atomic E-state index is 0.0388. The molecule has 2 saturated heterocycles. The summed E-state index contributed by atoms with van der Waals surface area (Å²) >= 11 is 0. The maximum atomic E-state index is 13.5. The van der Waals surface area contributed by atoms with E-state index in [0.29, 0.717) is 12.2 Å². The number of nitrogens with zero attached hydrogens (tertiary/aromatic N) is 2. The predicted octanol–water partition coefficient (Wildman–Crippen LogP) is 3.89. The monoisotopic (exact) mass is 399 g/mol. The molecular weight excluding hydrogens is 378 g/mol. The highest BCUT2D eigenvalue weighted by Crippen LogP contribution is 2.58. The van der Waals surface area contributed by atoms with E-state index in [1.165, 1.54) is 0 Å². The fourth-order valence-corrected chi connectivity index (χ4v) is 6.29. The quantitative estimate of drug-likeness (QED) is 0.524. The Kier molecular flexibility index (Phi) is 3.59. The van der Waals surface area contributed by atoms with Crippen molar-refractivity contribution in [2.75, 3.05) is 11.9 Å². The summed E-state index contributed by atoms with van der Waals surface area (Å²) in [6.45, 7) is 0.692. The van der Waals surface area contributed by atoms with Crippen LogP contribution in [-0.4, -0.2) is 34.4 Å². The average molecular weight is 399 g/mol. The topological polar surface area (TPSA) is 75.5 Å². The molecule has 0 bridgehead atoms. The summed E-state index contributed by atoms with van der Waals surface area (Å²) in [4.78, 5) is 28.1. The maximum absolute atomic E-state index is 13.5. The van der Waals surface area contributed by atoms with Crippen LogP contribution in [0, 0.1) is 10.1 Å². The van der Waals surface area contributed by atoms with Crippen LogP contribution in [0.5, 0.6) is 0 Å². The van der Waals surface area contributed by atoms with Gasteiger partial charge < -0.3 is 5.32 Å². The number of hydrogen-bond acceptors (Lipinski definition) is 4. The first-order valence-corrected chi connectivity index (χ1v) is 10.4. The van der Waals surface area contributed by atoms with Gasteiger partial charge in [-0.05, 0) is 35.2 Å². The molecule has 3 aromatic rings. The number of nitrogens with one attached hydrogen (secondary N) is 1. The Morgan fingerprint density at radius 3 is 2.67 bits per heavy atom. The molecule has 0 aromatic heterocycles. The van der Waals surface area contributed by atoms with Crippen LogP contribution in [0.2, 0.25) is 0 Å². The van der Waals surface area contributed by atoms with Gasteiger partial charge in [0.25, 0.3) is 11.9 Å². The van der Waals surface area contributed by atoms with Crippen LogP contribution in [0.3, 0.4) is 0 Å². The predicted molar refractivity (Wildman–Crippen MR) is 114 cm³/mol. The third kappa shape index (κ3) is 2.04. The average Bonchev–Trinajstić information content (AvgIpc) is 3.41. The van der Waals surface area contributed by atoms with Gasteiger partial charge in [0, 0.05) is 28.8 Å². The van der Waals surface area contributed by atoms with Crippen molar-refractivity contribution in [2.45, 2.75) is 36.4 Å². The van der Waals surface area contributed by atoms with Crippen LogP contribution < -0.4 is 5.32 Å². The van der Waals surface area contributed by atoms with Crippen LogP contribution >= 0.6 is 0 Å². The Hall–Kier alpha value is -3.25. The van der Waals surface area contributed by atoms with Crippen molar-refractivity contribution in [3.63, 3.8) is 0 Å². The standard InChI is InChI=1S/C24H21N3O3/c28-23-24(18-11-3-4-12-19(18)25-23)22(27(29)30)21(20-13-6-14-26(20)24)17-10-5-8-15-7-1-2-9-16(15)17/h1-5,7-12,20-22H,6,13-14H2,(H,25,28)/t20-,21+,22-,24+/m1/s1. The molecule has 1 amide bonds. The van der Waals surface area contributed by atoms with E-state index >= 15 is 0 Å². The highest BCUT2D eigenvalue weighted by Gasteiger charge is 2.73. The molecule has 6 heteroatoms. The van der Waals surface area contributed by atoms with Crippen LogP contribution in [0.1, 0.15) is 29.9 Å². The number of carbonyl (C=O) groups is 1. The van der Waals surface area contributed by atoms with Gasteiger partial charge in [0.1, 0.15) is 0 Å². The molecule has 30 heavy (non-hydrogen) atoms. The number of hydrogen-bond donors (Lipinski definition) is 1. The first kappa shape index (κ1) is 17.6. The summed E-state index contributed by atoms with van der Waals surface area (Å²) < 4.78 is 0. The Balaban J connectivity index is 1.65. The second kappa shape index (κ2) is 6.12. The van der Waals surface area contributed by atoms with Crippen LogP contribution in [0.4, 0.5) is 5.69 Å². The zero-order valence-corrected chi connectivity index (χ0v) is 16.3. The molecule has 3 aliphatic rings. The molecule has 3 aliphatic heterocycles. The number of rotatable bonds is 2. The number of nitro groups is 1. The van der Waals surface area contributed by atoms with E-state index in [1.807, 2.05) is 66.7 Å². The van der Waals surface area contributed by atoms with E-state index in [0.717, 1.165) is 34.7 Å². The lowest BCUT2D eigenvalue weighted by Crippen LogP contribution is -2.55. The van der Waals surface area contributed by atoms with Gasteiger partial charge in [0.2, 0.25) is 0 Å². The Morgan fingerprint density at radius 2 is 1.80 bits per heavy atom. The SMILES string of the molecule is O=C1Nc2ccccc2[C@]12[C@H]([N+](=O)[O-])[C@@H](c1cccc3ccccc13)[C@H]1CCCN12. The van der Waals surface area contributed by atoms with E-state index in [9.17, 15) is 14.9 Å². The van der Waals surface area contributed by atoms with E-state index in [4.69, 9.17) is 0 Å². The molecule has 0 radical (unpaired) electrons. The number of fused-ring (bicyclic) bond motifs is 5. The summed E-state index contributed by atoms with van der Waals surface area (Å²) in [5.74, 6) is -0.620. The number of anilines is 1. The Bertz CT molecular complexity index is 1200. The number of amides is 1. The van der Waals surface area contributed by atoms with E-state index in [2.05, 4.69) is 10.2 Å². The van der Waals surface area contributed by atoms with Crippen molar-refractivity contribution in [1.82, 2.24) is 4.90 Å². The number of carbonyl (C=O) groups excluding carboxylic acids is 1. The summed E-state index contributed by atoms with van der Waals surface area (Å²) in [5, 5.41) is 17.7.